The molecule has 4 rings (SSSR count). The summed E-state index contributed by atoms with van der Waals surface area (Å²) >= 11 is 6.40. The van der Waals surface area contributed by atoms with Gasteiger partial charge in [0.25, 0.3) is 5.91 Å². The molecule has 2 aromatic heterocycles. The van der Waals surface area contributed by atoms with E-state index in [1.54, 1.807) is 18.2 Å². The number of carbonyl (C=O) groups excluding carboxylic acids is 1. The third-order valence-electron chi connectivity index (χ3n) is 3.85. The van der Waals surface area contributed by atoms with E-state index in [1.807, 2.05) is 37.3 Å². The number of rotatable bonds is 2. The number of anilines is 1. The number of carbonyl (C=O) groups is 1. The first-order valence-corrected chi connectivity index (χ1v) is 8.95. The van der Waals surface area contributed by atoms with E-state index < -0.39 is 0 Å². The third-order valence-corrected chi connectivity index (χ3v) is 4.61. The van der Waals surface area contributed by atoms with Crippen molar-refractivity contribution in [1.82, 2.24) is 19.0 Å². The Labute approximate surface area is 158 Å². The number of aryl methyl sites for hydroxylation is 1. The Hall–Kier alpha value is -2.97. The molecule has 6 nitrogen and oxygen atoms in total. The Bertz CT molecular complexity index is 1150. The minimum absolute atomic E-state index is 0.210. The van der Waals surface area contributed by atoms with Gasteiger partial charge in [0.15, 0.2) is 5.11 Å². The predicted octanol–water partition coefficient (Wildman–Crippen LogP) is 3.67. The molecule has 0 saturated carbocycles. The molecule has 128 valence electrons. The summed E-state index contributed by atoms with van der Waals surface area (Å²) < 4.78 is 8.27. The van der Waals surface area contributed by atoms with E-state index in [1.165, 1.54) is 0 Å². The second-order valence-electron chi connectivity index (χ2n) is 5.71. The Morgan fingerprint density at radius 3 is 2.81 bits per heavy atom. The number of aromatic nitrogens is 3. The van der Waals surface area contributed by atoms with Gasteiger partial charge in [0.2, 0.25) is 0 Å². The zero-order chi connectivity index (χ0) is 18.1. The molecule has 8 heteroatoms. The lowest BCUT2D eigenvalue weighted by molar-refractivity contribution is 0.0978. The summed E-state index contributed by atoms with van der Waals surface area (Å²) in [5.41, 5.74) is 4.39. The minimum Gasteiger partial charge on any atom is -0.331 e. The van der Waals surface area contributed by atoms with Gasteiger partial charge >= 0.3 is 0 Å². The van der Waals surface area contributed by atoms with Crippen LogP contribution in [-0.2, 0) is 0 Å². The monoisotopic (exact) mass is 379 g/mol. The van der Waals surface area contributed by atoms with Gasteiger partial charge in [-0.05, 0) is 49.5 Å². The maximum absolute atomic E-state index is 12.4. The van der Waals surface area contributed by atoms with Gasteiger partial charge in [0, 0.05) is 16.6 Å². The van der Waals surface area contributed by atoms with Crippen molar-refractivity contribution < 1.29 is 4.79 Å². The molecule has 2 aromatic carbocycles. The van der Waals surface area contributed by atoms with Crippen LogP contribution in [-0.4, -0.2) is 24.8 Å². The molecule has 0 aliphatic heterocycles. The molecular formula is C18H13N5OS2. The van der Waals surface area contributed by atoms with Crippen LogP contribution in [0.25, 0.3) is 21.9 Å². The van der Waals surface area contributed by atoms with Crippen molar-refractivity contribution in [1.29, 1.82) is 0 Å². The van der Waals surface area contributed by atoms with Gasteiger partial charge in [-0.3, -0.25) is 15.1 Å². The van der Waals surface area contributed by atoms with Crippen LogP contribution in [0.1, 0.15) is 16.1 Å². The molecule has 0 saturated heterocycles. The van der Waals surface area contributed by atoms with Crippen LogP contribution in [0.5, 0.6) is 0 Å². The first kappa shape index (κ1) is 16.5. The molecule has 0 radical (unpaired) electrons. The van der Waals surface area contributed by atoms with E-state index in [0.717, 1.165) is 39.5 Å². The van der Waals surface area contributed by atoms with E-state index in [-0.39, 0.29) is 11.0 Å². The van der Waals surface area contributed by atoms with Crippen LogP contribution in [0, 0.1) is 6.92 Å². The molecule has 0 aliphatic rings. The van der Waals surface area contributed by atoms with Crippen LogP contribution in [0.2, 0.25) is 0 Å². The molecule has 1 amide bonds. The quantitative estimate of drug-likeness (QED) is 0.517. The van der Waals surface area contributed by atoms with Gasteiger partial charge in [-0.2, -0.15) is 8.75 Å². The van der Waals surface area contributed by atoms with Crippen molar-refractivity contribution in [2.75, 3.05) is 5.32 Å². The summed E-state index contributed by atoms with van der Waals surface area (Å²) in [5, 5.41) is 6.95. The number of nitrogens with zero attached hydrogens (tertiary/aromatic N) is 3. The third kappa shape index (κ3) is 3.24. The topological polar surface area (TPSA) is 79.8 Å². The fraction of sp³-hybridized carbons (Fsp3) is 0.0556. The highest BCUT2D eigenvalue weighted by molar-refractivity contribution is 7.80. The Kier molecular flexibility index (Phi) is 4.27. The van der Waals surface area contributed by atoms with Gasteiger partial charge in [0.1, 0.15) is 11.0 Å². The second kappa shape index (κ2) is 6.74. The van der Waals surface area contributed by atoms with Crippen molar-refractivity contribution in [3.05, 3.63) is 59.8 Å². The van der Waals surface area contributed by atoms with Gasteiger partial charge < -0.3 is 5.32 Å². The fourth-order valence-electron chi connectivity index (χ4n) is 2.60. The highest BCUT2D eigenvalue weighted by Crippen LogP contribution is 2.21. The highest BCUT2D eigenvalue weighted by atomic mass is 32.1. The van der Waals surface area contributed by atoms with Crippen molar-refractivity contribution in [3.8, 4) is 0 Å². The first-order chi connectivity index (χ1) is 12.6. The second-order valence-corrected chi connectivity index (χ2v) is 6.64. The number of fused-ring (bicyclic) bond motifs is 2. The van der Waals surface area contributed by atoms with Crippen LogP contribution >= 0.6 is 23.9 Å². The maximum Gasteiger partial charge on any atom is 0.257 e. The number of para-hydroxylation sites is 1. The minimum atomic E-state index is -0.304. The lowest BCUT2D eigenvalue weighted by atomic mass is 10.1. The number of hydrogen-bond acceptors (Lipinski definition) is 6. The maximum atomic E-state index is 12.4. The van der Waals surface area contributed by atoms with Crippen molar-refractivity contribution >= 4 is 62.6 Å². The Morgan fingerprint density at radius 1 is 1.08 bits per heavy atom. The summed E-state index contributed by atoms with van der Waals surface area (Å²) in [7, 11) is 0. The number of nitrogens with one attached hydrogen (secondary N) is 2. The van der Waals surface area contributed by atoms with E-state index in [2.05, 4.69) is 24.4 Å². The zero-order valence-corrected chi connectivity index (χ0v) is 15.3. The molecule has 2 heterocycles. The van der Waals surface area contributed by atoms with E-state index in [9.17, 15) is 4.79 Å². The molecule has 0 spiro atoms. The van der Waals surface area contributed by atoms with Gasteiger partial charge in [-0.25, -0.2) is 0 Å². The molecule has 0 aliphatic carbocycles. The number of hydrogen-bond donors (Lipinski definition) is 2. The van der Waals surface area contributed by atoms with Crippen molar-refractivity contribution in [3.63, 3.8) is 0 Å². The van der Waals surface area contributed by atoms with Crippen LogP contribution in [0.4, 0.5) is 5.69 Å². The van der Waals surface area contributed by atoms with Gasteiger partial charge in [-0.1, -0.05) is 18.2 Å². The number of benzene rings is 2. The summed E-state index contributed by atoms with van der Waals surface area (Å²) in [6.07, 6.45) is 0. The fourth-order valence-corrected chi connectivity index (χ4v) is 3.32. The van der Waals surface area contributed by atoms with Crippen LogP contribution in [0.15, 0.2) is 48.5 Å². The van der Waals surface area contributed by atoms with Crippen molar-refractivity contribution in [2.24, 2.45) is 0 Å². The lowest BCUT2D eigenvalue weighted by Crippen LogP contribution is -2.34. The molecule has 0 atom stereocenters. The lowest BCUT2D eigenvalue weighted by Gasteiger charge is -2.11. The number of pyridine rings is 1. The zero-order valence-electron chi connectivity index (χ0n) is 13.7. The van der Waals surface area contributed by atoms with Crippen LogP contribution < -0.4 is 10.6 Å². The molecule has 0 bridgehead atoms. The summed E-state index contributed by atoms with van der Waals surface area (Å²) in [6.45, 7) is 1.93. The van der Waals surface area contributed by atoms with Crippen LogP contribution in [0.3, 0.4) is 0 Å². The predicted molar refractivity (Wildman–Crippen MR) is 108 cm³/mol. The van der Waals surface area contributed by atoms with E-state index in [0.29, 0.717) is 11.1 Å². The molecule has 0 fully saturated rings. The van der Waals surface area contributed by atoms with Gasteiger partial charge in [0.05, 0.1) is 22.9 Å². The summed E-state index contributed by atoms with van der Waals surface area (Å²) in [5.74, 6) is -0.304. The SMILES string of the molecule is Cc1ccc2cccc(NC(=S)NC(=O)c3ccc4nsnc4c3)c2n1. The molecule has 26 heavy (non-hydrogen) atoms. The van der Waals surface area contributed by atoms with Gasteiger partial charge in [-0.15, -0.1) is 0 Å². The number of thiocarbonyl (C=S) groups is 1. The molecule has 2 N–H and O–H groups in total. The summed E-state index contributed by atoms with van der Waals surface area (Å²) in [6, 6.07) is 14.9. The van der Waals surface area contributed by atoms with E-state index in [4.69, 9.17) is 12.2 Å². The number of amides is 1. The van der Waals surface area contributed by atoms with Crippen molar-refractivity contribution in [2.45, 2.75) is 6.92 Å². The van der Waals surface area contributed by atoms with E-state index >= 15 is 0 Å². The Balaban J connectivity index is 1.53. The molecule has 0 unspecified atom stereocenters. The standard InChI is InChI=1S/C18H13N5OS2/c1-10-5-6-11-3-2-4-14(16(11)19-10)20-18(25)21-17(24)12-7-8-13-15(9-12)23-26-22-13/h2-9H,1H3,(H2,20,21,24,25). The average Bonchev–Trinajstić information content (AvgIpc) is 3.10. The average molecular weight is 379 g/mol. The normalized spacial score (nSPS) is 10.8. The summed E-state index contributed by atoms with van der Waals surface area (Å²) in [4.78, 5) is 17.0. The first-order valence-electron chi connectivity index (χ1n) is 7.81. The molecular weight excluding hydrogens is 366 g/mol. The largest absolute Gasteiger partial charge is 0.331 e. The molecule has 4 aromatic rings. The smallest absolute Gasteiger partial charge is 0.257 e. The Morgan fingerprint density at radius 2 is 1.92 bits per heavy atom. The highest BCUT2D eigenvalue weighted by Gasteiger charge is 2.11.